The Morgan fingerprint density at radius 1 is 0.880 bits per heavy atom. The van der Waals surface area contributed by atoms with E-state index in [4.69, 9.17) is 10.5 Å². The van der Waals surface area contributed by atoms with Crippen molar-refractivity contribution in [2.45, 2.75) is 13.0 Å². The van der Waals surface area contributed by atoms with Crippen molar-refractivity contribution >= 4 is 23.7 Å². The predicted octanol–water partition coefficient (Wildman–Crippen LogP) is 1.66. The summed E-state index contributed by atoms with van der Waals surface area (Å²) >= 11 is 0. The van der Waals surface area contributed by atoms with Crippen LogP contribution in [0.25, 0.3) is 0 Å². The first-order valence-electron chi connectivity index (χ1n) is 7.39. The van der Waals surface area contributed by atoms with Gasteiger partial charge in [0.15, 0.2) is 11.9 Å². The normalized spacial score (nSPS) is 11.2. The lowest BCUT2D eigenvalue weighted by Gasteiger charge is -2.12. The summed E-state index contributed by atoms with van der Waals surface area (Å²) in [6, 6.07) is 13.6. The second-order valence-electron chi connectivity index (χ2n) is 5.17. The highest BCUT2D eigenvalue weighted by molar-refractivity contribution is 6.09. The largest absolute Gasteiger partial charge is 0.449 e. The lowest BCUT2D eigenvalue weighted by Crippen LogP contribution is -2.42. The van der Waals surface area contributed by atoms with Crippen LogP contribution in [0.1, 0.15) is 33.2 Å². The number of esters is 1. The topological polar surface area (TPSA) is 116 Å². The molecule has 7 nitrogen and oxygen atoms in total. The summed E-state index contributed by atoms with van der Waals surface area (Å²) in [4.78, 5) is 46.4. The van der Waals surface area contributed by atoms with E-state index in [9.17, 15) is 19.2 Å². The molecule has 128 valence electrons. The molecule has 0 heterocycles. The Morgan fingerprint density at radius 3 is 1.96 bits per heavy atom. The lowest BCUT2D eigenvalue weighted by molar-refractivity contribution is -0.127. The number of ether oxygens (including phenoxy) is 1. The molecule has 3 amide bonds. The highest BCUT2D eigenvalue weighted by Crippen LogP contribution is 2.12. The molecule has 0 unspecified atom stereocenters. The molecular weight excluding hydrogens is 324 g/mol. The van der Waals surface area contributed by atoms with E-state index in [2.05, 4.69) is 0 Å². The lowest BCUT2D eigenvalue weighted by atomic mass is 10.0. The van der Waals surface area contributed by atoms with Crippen molar-refractivity contribution < 1.29 is 23.9 Å². The molecule has 25 heavy (non-hydrogen) atoms. The number of imide groups is 1. The molecule has 0 saturated heterocycles. The number of hydrogen-bond acceptors (Lipinski definition) is 5. The number of nitrogens with one attached hydrogen (secondary N) is 1. The van der Waals surface area contributed by atoms with Gasteiger partial charge in [-0.3, -0.25) is 14.9 Å². The summed E-state index contributed by atoms with van der Waals surface area (Å²) in [5.41, 5.74) is 5.95. The van der Waals surface area contributed by atoms with Gasteiger partial charge in [0.25, 0.3) is 5.91 Å². The minimum atomic E-state index is -1.19. The molecule has 0 aliphatic carbocycles. The summed E-state index contributed by atoms with van der Waals surface area (Å²) in [5, 5.41) is 1.82. The van der Waals surface area contributed by atoms with E-state index in [1.807, 2.05) is 11.4 Å². The van der Waals surface area contributed by atoms with Crippen molar-refractivity contribution in [2.24, 2.45) is 5.73 Å². The van der Waals surface area contributed by atoms with Gasteiger partial charge in [-0.2, -0.15) is 0 Å². The summed E-state index contributed by atoms with van der Waals surface area (Å²) < 4.78 is 4.94. The Balaban J connectivity index is 2.04. The third-order valence-electron chi connectivity index (χ3n) is 3.32. The minimum absolute atomic E-state index is 0.170. The molecular formula is C18H16N2O5. The first-order valence-corrected chi connectivity index (χ1v) is 7.39. The van der Waals surface area contributed by atoms with Gasteiger partial charge in [0.2, 0.25) is 0 Å². The van der Waals surface area contributed by atoms with Crippen LogP contribution < -0.4 is 11.1 Å². The van der Waals surface area contributed by atoms with Gasteiger partial charge in [0, 0.05) is 11.1 Å². The highest BCUT2D eigenvalue weighted by Gasteiger charge is 2.20. The van der Waals surface area contributed by atoms with Crippen LogP contribution in [0.15, 0.2) is 54.6 Å². The fourth-order valence-electron chi connectivity index (χ4n) is 2.02. The van der Waals surface area contributed by atoms with Crippen molar-refractivity contribution in [1.29, 1.82) is 0 Å². The maximum atomic E-state index is 12.3. The van der Waals surface area contributed by atoms with Crippen LogP contribution in [0.5, 0.6) is 0 Å². The van der Waals surface area contributed by atoms with Crippen LogP contribution in [0, 0.1) is 0 Å². The first-order chi connectivity index (χ1) is 11.9. The number of urea groups is 1. The number of benzene rings is 2. The molecule has 2 rings (SSSR count). The van der Waals surface area contributed by atoms with Crippen molar-refractivity contribution in [1.82, 2.24) is 5.32 Å². The van der Waals surface area contributed by atoms with E-state index in [0.717, 1.165) is 0 Å². The zero-order chi connectivity index (χ0) is 18.4. The summed E-state index contributed by atoms with van der Waals surface area (Å²) in [5.74, 6) is -1.75. The monoisotopic (exact) mass is 340 g/mol. The van der Waals surface area contributed by atoms with Crippen LogP contribution in [-0.4, -0.2) is 29.8 Å². The molecule has 1 atom stereocenters. The fraction of sp³-hybridized carbons (Fsp3) is 0.111. The molecule has 2 aromatic carbocycles. The van der Waals surface area contributed by atoms with Gasteiger partial charge < -0.3 is 10.5 Å². The molecule has 0 aromatic heterocycles. The fourth-order valence-corrected chi connectivity index (χ4v) is 2.02. The molecule has 0 radical (unpaired) electrons. The van der Waals surface area contributed by atoms with Gasteiger partial charge in [-0.05, 0) is 19.1 Å². The summed E-state index contributed by atoms with van der Waals surface area (Å²) in [6.07, 6.45) is -1.19. The summed E-state index contributed by atoms with van der Waals surface area (Å²) in [6.45, 7) is 1.31. The average Bonchev–Trinajstić information content (AvgIpc) is 2.61. The first kappa shape index (κ1) is 17.9. The SMILES string of the molecule is C[C@@H](OC(=O)c1ccc(C(=O)c2ccccc2)cc1)C(=O)NC(N)=O. The zero-order valence-electron chi connectivity index (χ0n) is 13.4. The molecule has 2 aromatic rings. The third-order valence-corrected chi connectivity index (χ3v) is 3.32. The second-order valence-corrected chi connectivity index (χ2v) is 5.17. The number of carbonyl (C=O) groups is 4. The van der Waals surface area contributed by atoms with Crippen molar-refractivity contribution in [3.8, 4) is 0 Å². The Hall–Kier alpha value is -3.48. The number of nitrogens with two attached hydrogens (primary N) is 1. The molecule has 0 saturated carbocycles. The van der Waals surface area contributed by atoms with Crippen molar-refractivity contribution in [2.75, 3.05) is 0 Å². The van der Waals surface area contributed by atoms with Gasteiger partial charge in [0.05, 0.1) is 5.56 Å². The zero-order valence-corrected chi connectivity index (χ0v) is 13.4. The third kappa shape index (κ3) is 4.74. The predicted molar refractivity (Wildman–Crippen MR) is 88.9 cm³/mol. The standard InChI is InChI=1S/C18H16N2O5/c1-11(16(22)20-18(19)24)25-17(23)14-9-7-13(8-10-14)15(21)12-5-3-2-4-6-12/h2-11H,1H3,(H3,19,20,22,24)/t11-/m1/s1. The summed E-state index contributed by atoms with van der Waals surface area (Å²) in [7, 11) is 0. The van der Waals surface area contributed by atoms with Crippen molar-refractivity contribution in [3.05, 3.63) is 71.3 Å². The van der Waals surface area contributed by atoms with Crippen LogP contribution >= 0.6 is 0 Å². The van der Waals surface area contributed by atoms with E-state index in [-0.39, 0.29) is 11.3 Å². The number of primary amides is 1. The van der Waals surface area contributed by atoms with E-state index in [0.29, 0.717) is 11.1 Å². The molecule has 0 fully saturated rings. The van der Waals surface area contributed by atoms with Crippen LogP contribution in [0.2, 0.25) is 0 Å². The Labute approximate surface area is 143 Å². The van der Waals surface area contributed by atoms with Gasteiger partial charge in [-0.1, -0.05) is 42.5 Å². The number of ketones is 1. The average molecular weight is 340 g/mol. The molecule has 0 spiro atoms. The smallest absolute Gasteiger partial charge is 0.338 e. The molecule has 7 heteroatoms. The number of hydrogen-bond donors (Lipinski definition) is 2. The maximum absolute atomic E-state index is 12.3. The Bertz CT molecular complexity index is 800. The quantitative estimate of drug-likeness (QED) is 0.634. The second kappa shape index (κ2) is 7.87. The molecule has 3 N–H and O–H groups in total. The van der Waals surface area contributed by atoms with Gasteiger partial charge in [-0.15, -0.1) is 0 Å². The van der Waals surface area contributed by atoms with Crippen LogP contribution in [-0.2, 0) is 9.53 Å². The van der Waals surface area contributed by atoms with E-state index in [1.165, 1.54) is 31.2 Å². The number of carbonyl (C=O) groups excluding carboxylic acids is 4. The Kier molecular flexibility index (Phi) is 5.62. The van der Waals surface area contributed by atoms with Gasteiger partial charge >= 0.3 is 12.0 Å². The minimum Gasteiger partial charge on any atom is -0.449 e. The van der Waals surface area contributed by atoms with E-state index >= 15 is 0 Å². The molecule has 0 bridgehead atoms. The molecule has 0 aliphatic rings. The Morgan fingerprint density at radius 2 is 1.40 bits per heavy atom. The maximum Gasteiger partial charge on any atom is 0.338 e. The van der Waals surface area contributed by atoms with Crippen molar-refractivity contribution in [3.63, 3.8) is 0 Å². The van der Waals surface area contributed by atoms with E-state index < -0.39 is 24.0 Å². The van der Waals surface area contributed by atoms with Gasteiger partial charge in [0.1, 0.15) is 0 Å². The van der Waals surface area contributed by atoms with E-state index in [1.54, 1.807) is 24.3 Å². The van der Waals surface area contributed by atoms with Crippen LogP contribution in [0.4, 0.5) is 4.79 Å². The van der Waals surface area contributed by atoms with Crippen LogP contribution in [0.3, 0.4) is 0 Å². The number of amides is 3. The number of rotatable bonds is 5. The van der Waals surface area contributed by atoms with Gasteiger partial charge in [-0.25, -0.2) is 9.59 Å². The highest BCUT2D eigenvalue weighted by atomic mass is 16.5. The molecule has 0 aliphatic heterocycles.